The van der Waals surface area contributed by atoms with Crippen molar-refractivity contribution in [1.82, 2.24) is 4.90 Å². The monoisotopic (exact) mass is 244 g/mol. The molecule has 0 saturated carbocycles. The minimum absolute atomic E-state index is 0.00199. The van der Waals surface area contributed by atoms with Gasteiger partial charge in [-0.25, -0.2) is 0 Å². The minimum atomic E-state index is -0.564. The number of nitrogens with zero attached hydrogens (tertiary/aromatic N) is 1. The molecule has 4 heteroatoms. The fraction of sp³-hybridized carbons (Fsp3) is 0.923. The molecule has 0 spiro atoms. The minimum Gasteiger partial charge on any atom is -0.380 e. The van der Waals surface area contributed by atoms with Gasteiger partial charge in [-0.2, -0.15) is 0 Å². The Morgan fingerprint density at radius 1 is 1.35 bits per heavy atom. The summed E-state index contributed by atoms with van der Waals surface area (Å²) in [5, 5.41) is 0. The Hall–Kier alpha value is -0.610. The zero-order chi connectivity index (χ0) is 13.4. The highest BCUT2D eigenvalue weighted by atomic mass is 16.5. The molecule has 102 valence electrons. The van der Waals surface area contributed by atoms with E-state index in [1.165, 1.54) is 0 Å². The first-order chi connectivity index (χ1) is 8.03. The van der Waals surface area contributed by atoms with Gasteiger partial charge in [-0.1, -0.05) is 20.3 Å². The van der Waals surface area contributed by atoms with Crippen molar-refractivity contribution in [3.63, 3.8) is 0 Å². The Morgan fingerprint density at radius 2 is 1.94 bits per heavy atom. The van der Waals surface area contributed by atoms with E-state index in [1.807, 2.05) is 18.7 Å². The van der Waals surface area contributed by atoms with Gasteiger partial charge < -0.3 is 15.4 Å². The van der Waals surface area contributed by atoms with Crippen molar-refractivity contribution in [3.05, 3.63) is 0 Å². The molecule has 0 aromatic rings. The smallest absolute Gasteiger partial charge is 0.242 e. The molecule has 4 nitrogen and oxygen atoms in total. The van der Waals surface area contributed by atoms with E-state index in [0.29, 0.717) is 12.6 Å². The average Bonchev–Trinajstić information content (AvgIpc) is 2.36. The average molecular weight is 244 g/mol. The number of methoxy groups -OCH3 is 1. The maximum absolute atomic E-state index is 12.3. The Balaban J connectivity index is 4.67. The Labute approximate surface area is 105 Å². The van der Waals surface area contributed by atoms with Gasteiger partial charge in [0.1, 0.15) is 6.04 Å². The number of rotatable bonds is 8. The third kappa shape index (κ3) is 4.64. The SMILES string of the molecule is CCCC(CC)N(CC)C(=O)C(N)C(C)OC. The van der Waals surface area contributed by atoms with Gasteiger partial charge in [0.05, 0.1) is 6.10 Å². The van der Waals surface area contributed by atoms with Crippen LogP contribution < -0.4 is 5.73 Å². The van der Waals surface area contributed by atoms with Gasteiger partial charge in [-0.3, -0.25) is 4.79 Å². The van der Waals surface area contributed by atoms with Crippen molar-refractivity contribution >= 4 is 5.91 Å². The molecule has 0 aliphatic rings. The summed E-state index contributed by atoms with van der Waals surface area (Å²) < 4.78 is 5.13. The first-order valence-corrected chi connectivity index (χ1v) is 6.62. The molecule has 2 N–H and O–H groups in total. The quantitative estimate of drug-likeness (QED) is 0.708. The van der Waals surface area contributed by atoms with E-state index in [0.717, 1.165) is 19.3 Å². The summed E-state index contributed by atoms with van der Waals surface area (Å²) in [6, 6.07) is -0.265. The van der Waals surface area contributed by atoms with Gasteiger partial charge >= 0.3 is 0 Å². The Kier molecular flexibility index (Phi) is 8.17. The number of likely N-dealkylation sites (N-methyl/N-ethyl adjacent to an activating group) is 1. The lowest BCUT2D eigenvalue weighted by atomic mass is 10.0. The summed E-state index contributed by atoms with van der Waals surface area (Å²) in [6.07, 6.45) is 2.85. The lowest BCUT2D eigenvalue weighted by Crippen LogP contribution is -2.52. The molecule has 0 aromatic heterocycles. The molecule has 0 aliphatic carbocycles. The summed E-state index contributed by atoms with van der Waals surface area (Å²) in [4.78, 5) is 14.2. The molecule has 1 amide bonds. The van der Waals surface area contributed by atoms with Crippen LogP contribution in [0.5, 0.6) is 0 Å². The van der Waals surface area contributed by atoms with Crippen molar-refractivity contribution < 1.29 is 9.53 Å². The second-order valence-electron chi connectivity index (χ2n) is 4.44. The van der Waals surface area contributed by atoms with Gasteiger partial charge in [0.15, 0.2) is 0 Å². The van der Waals surface area contributed by atoms with Crippen molar-refractivity contribution in [2.75, 3.05) is 13.7 Å². The molecule has 17 heavy (non-hydrogen) atoms. The molecule has 0 heterocycles. The fourth-order valence-corrected chi connectivity index (χ4v) is 2.05. The molecule has 0 radical (unpaired) electrons. The standard InChI is InChI=1S/C13H28N2O2/c1-6-9-11(7-2)15(8-3)13(16)12(14)10(4)17-5/h10-12H,6-9,14H2,1-5H3. The van der Waals surface area contributed by atoms with E-state index in [1.54, 1.807) is 7.11 Å². The number of amides is 1. The van der Waals surface area contributed by atoms with Crippen molar-refractivity contribution in [3.8, 4) is 0 Å². The van der Waals surface area contributed by atoms with E-state index >= 15 is 0 Å². The zero-order valence-corrected chi connectivity index (χ0v) is 11.9. The van der Waals surface area contributed by atoms with Gasteiger partial charge in [0.25, 0.3) is 0 Å². The number of carbonyl (C=O) groups excluding carboxylic acids is 1. The van der Waals surface area contributed by atoms with Gasteiger partial charge in [0.2, 0.25) is 5.91 Å². The summed E-state index contributed by atoms with van der Waals surface area (Å²) in [5.74, 6) is 0.00199. The zero-order valence-electron chi connectivity index (χ0n) is 11.9. The van der Waals surface area contributed by atoms with Crippen LogP contribution in [0.25, 0.3) is 0 Å². The number of nitrogens with two attached hydrogens (primary N) is 1. The number of ether oxygens (including phenoxy) is 1. The van der Waals surface area contributed by atoms with Crippen LogP contribution in [0, 0.1) is 0 Å². The van der Waals surface area contributed by atoms with Crippen LogP contribution in [0.15, 0.2) is 0 Å². The third-order valence-corrected chi connectivity index (χ3v) is 3.32. The lowest BCUT2D eigenvalue weighted by molar-refractivity contribution is -0.137. The van der Waals surface area contributed by atoms with E-state index in [4.69, 9.17) is 10.5 Å². The second kappa shape index (κ2) is 8.48. The molecule has 0 aliphatic heterocycles. The summed E-state index contributed by atoms with van der Waals surface area (Å²) in [7, 11) is 1.58. The van der Waals surface area contributed by atoms with E-state index in [2.05, 4.69) is 13.8 Å². The van der Waals surface area contributed by atoms with Crippen LogP contribution in [0.2, 0.25) is 0 Å². The third-order valence-electron chi connectivity index (χ3n) is 3.32. The largest absolute Gasteiger partial charge is 0.380 e. The summed E-state index contributed by atoms with van der Waals surface area (Å²) >= 11 is 0. The highest BCUT2D eigenvalue weighted by Gasteiger charge is 2.28. The molecule has 3 unspecified atom stereocenters. The molecule has 0 rings (SSSR count). The van der Waals surface area contributed by atoms with Crippen LogP contribution >= 0.6 is 0 Å². The van der Waals surface area contributed by atoms with E-state index in [-0.39, 0.29) is 12.0 Å². The maximum Gasteiger partial charge on any atom is 0.242 e. The molecular weight excluding hydrogens is 216 g/mol. The predicted octanol–water partition coefficient (Wildman–Crippen LogP) is 1.78. The first kappa shape index (κ1) is 16.4. The van der Waals surface area contributed by atoms with Crippen LogP contribution in [0.4, 0.5) is 0 Å². The van der Waals surface area contributed by atoms with Crippen LogP contribution in [-0.4, -0.2) is 42.6 Å². The summed E-state index contributed by atoms with van der Waals surface area (Å²) in [6.45, 7) is 8.79. The fourth-order valence-electron chi connectivity index (χ4n) is 2.05. The van der Waals surface area contributed by atoms with Gasteiger partial charge in [0, 0.05) is 19.7 Å². The molecule has 0 fully saturated rings. The van der Waals surface area contributed by atoms with E-state index in [9.17, 15) is 4.79 Å². The molecule has 3 atom stereocenters. The topological polar surface area (TPSA) is 55.6 Å². The van der Waals surface area contributed by atoms with Crippen LogP contribution in [0.3, 0.4) is 0 Å². The molecule has 0 aromatic carbocycles. The van der Waals surface area contributed by atoms with Crippen LogP contribution in [0.1, 0.15) is 47.0 Å². The highest BCUT2D eigenvalue weighted by molar-refractivity contribution is 5.82. The van der Waals surface area contributed by atoms with Crippen molar-refractivity contribution in [2.45, 2.75) is 65.1 Å². The van der Waals surface area contributed by atoms with Gasteiger partial charge in [-0.15, -0.1) is 0 Å². The molecule has 0 bridgehead atoms. The summed E-state index contributed by atoms with van der Waals surface area (Å²) in [5.41, 5.74) is 5.92. The van der Waals surface area contributed by atoms with Crippen LogP contribution in [-0.2, 0) is 9.53 Å². The molecule has 0 saturated heterocycles. The second-order valence-corrected chi connectivity index (χ2v) is 4.44. The number of hydrogen-bond acceptors (Lipinski definition) is 3. The number of hydrogen-bond donors (Lipinski definition) is 1. The first-order valence-electron chi connectivity index (χ1n) is 6.62. The predicted molar refractivity (Wildman–Crippen MR) is 70.8 cm³/mol. The molecular formula is C13H28N2O2. The van der Waals surface area contributed by atoms with Crippen molar-refractivity contribution in [2.24, 2.45) is 5.73 Å². The van der Waals surface area contributed by atoms with Gasteiger partial charge in [-0.05, 0) is 26.7 Å². The van der Waals surface area contributed by atoms with Crippen molar-refractivity contribution in [1.29, 1.82) is 0 Å². The Morgan fingerprint density at radius 3 is 2.29 bits per heavy atom. The Bertz CT molecular complexity index is 221. The number of carbonyl (C=O) groups is 1. The maximum atomic E-state index is 12.3. The normalized spacial score (nSPS) is 16.4. The highest BCUT2D eigenvalue weighted by Crippen LogP contribution is 2.13. The lowest BCUT2D eigenvalue weighted by Gasteiger charge is -2.33. The van der Waals surface area contributed by atoms with E-state index < -0.39 is 6.04 Å².